The highest BCUT2D eigenvalue weighted by atomic mass is 16.2. The highest BCUT2D eigenvalue weighted by Gasteiger charge is 2.24. The van der Waals surface area contributed by atoms with E-state index < -0.39 is 0 Å². The van der Waals surface area contributed by atoms with Gasteiger partial charge in [-0.05, 0) is 25.5 Å². The molecule has 1 fully saturated rings. The fraction of sp³-hybridized carbons (Fsp3) is 0.571. The van der Waals surface area contributed by atoms with Crippen LogP contribution < -0.4 is 15.5 Å². The summed E-state index contributed by atoms with van der Waals surface area (Å²) in [6.07, 6.45) is 1.84. The number of nitrogens with zero attached hydrogens (tertiary/aromatic N) is 2. The summed E-state index contributed by atoms with van der Waals surface area (Å²) in [6, 6.07) is 4.04. The van der Waals surface area contributed by atoms with Crippen LogP contribution in [0.15, 0.2) is 18.3 Å². The molecule has 0 bridgehead atoms. The monoisotopic (exact) mass is 262 g/mol. The fourth-order valence-corrected chi connectivity index (χ4v) is 2.06. The Kier molecular flexibility index (Phi) is 4.74. The van der Waals surface area contributed by atoms with Crippen molar-refractivity contribution in [3.8, 4) is 0 Å². The topological polar surface area (TPSA) is 57.3 Å². The standard InChI is InChI=1S/C14H22N4O/c1-3-18(4-2)13-6-5-11(7-16-13)8-17-14(19)12-9-15-10-12/h5-7,12,15H,3-4,8-10H2,1-2H3,(H,17,19). The average Bonchev–Trinajstić information content (AvgIpc) is 2.37. The van der Waals surface area contributed by atoms with Crippen molar-refractivity contribution in [1.82, 2.24) is 15.6 Å². The quantitative estimate of drug-likeness (QED) is 0.795. The van der Waals surface area contributed by atoms with Gasteiger partial charge in [-0.25, -0.2) is 4.98 Å². The molecule has 0 unspecified atom stereocenters. The normalized spacial score (nSPS) is 14.8. The molecule has 1 aliphatic heterocycles. The van der Waals surface area contributed by atoms with Crippen LogP contribution in [-0.2, 0) is 11.3 Å². The minimum absolute atomic E-state index is 0.131. The van der Waals surface area contributed by atoms with Crippen molar-refractivity contribution < 1.29 is 4.79 Å². The van der Waals surface area contributed by atoms with Crippen molar-refractivity contribution in [2.75, 3.05) is 31.1 Å². The van der Waals surface area contributed by atoms with E-state index in [1.807, 2.05) is 18.3 Å². The first-order valence-electron chi connectivity index (χ1n) is 6.92. The van der Waals surface area contributed by atoms with Crippen molar-refractivity contribution in [1.29, 1.82) is 0 Å². The zero-order chi connectivity index (χ0) is 13.7. The van der Waals surface area contributed by atoms with Gasteiger partial charge in [0.1, 0.15) is 5.82 Å². The molecule has 1 amide bonds. The summed E-state index contributed by atoms with van der Waals surface area (Å²) >= 11 is 0. The molecule has 1 aromatic rings. The molecule has 1 aromatic heterocycles. The van der Waals surface area contributed by atoms with Gasteiger partial charge < -0.3 is 15.5 Å². The Labute approximate surface area is 114 Å². The maximum Gasteiger partial charge on any atom is 0.225 e. The molecule has 19 heavy (non-hydrogen) atoms. The second kappa shape index (κ2) is 6.52. The number of hydrogen-bond acceptors (Lipinski definition) is 4. The lowest BCUT2D eigenvalue weighted by molar-refractivity contribution is -0.126. The third kappa shape index (κ3) is 3.44. The van der Waals surface area contributed by atoms with Gasteiger partial charge in [-0.2, -0.15) is 0 Å². The maximum absolute atomic E-state index is 11.7. The van der Waals surface area contributed by atoms with E-state index in [1.54, 1.807) is 0 Å². The zero-order valence-electron chi connectivity index (χ0n) is 11.6. The summed E-state index contributed by atoms with van der Waals surface area (Å²) in [5.74, 6) is 1.26. The van der Waals surface area contributed by atoms with E-state index in [-0.39, 0.29) is 11.8 Å². The van der Waals surface area contributed by atoms with Crippen LogP contribution in [0.25, 0.3) is 0 Å². The van der Waals surface area contributed by atoms with Gasteiger partial charge in [0, 0.05) is 38.9 Å². The second-order valence-corrected chi connectivity index (χ2v) is 4.77. The SMILES string of the molecule is CCN(CC)c1ccc(CNC(=O)C2CNC2)cn1. The van der Waals surface area contributed by atoms with Crippen LogP contribution in [0, 0.1) is 5.92 Å². The Morgan fingerprint density at radius 1 is 1.42 bits per heavy atom. The Morgan fingerprint density at radius 2 is 2.16 bits per heavy atom. The summed E-state index contributed by atoms with van der Waals surface area (Å²) in [6.45, 7) is 8.29. The van der Waals surface area contributed by atoms with Crippen molar-refractivity contribution >= 4 is 11.7 Å². The van der Waals surface area contributed by atoms with E-state index in [1.165, 1.54) is 0 Å². The van der Waals surface area contributed by atoms with E-state index in [4.69, 9.17) is 0 Å². The molecule has 1 saturated heterocycles. The number of amides is 1. The van der Waals surface area contributed by atoms with Crippen LogP contribution in [0.1, 0.15) is 19.4 Å². The van der Waals surface area contributed by atoms with Gasteiger partial charge in [0.25, 0.3) is 0 Å². The van der Waals surface area contributed by atoms with Gasteiger partial charge in [-0.3, -0.25) is 4.79 Å². The van der Waals surface area contributed by atoms with Gasteiger partial charge >= 0.3 is 0 Å². The molecule has 0 aliphatic carbocycles. The summed E-state index contributed by atoms with van der Waals surface area (Å²) < 4.78 is 0. The first-order chi connectivity index (χ1) is 9.24. The second-order valence-electron chi connectivity index (χ2n) is 4.77. The minimum Gasteiger partial charge on any atom is -0.357 e. The van der Waals surface area contributed by atoms with Gasteiger partial charge in [-0.15, -0.1) is 0 Å². The van der Waals surface area contributed by atoms with Gasteiger partial charge in [0.05, 0.1) is 5.92 Å². The molecule has 0 spiro atoms. The molecular formula is C14H22N4O. The first kappa shape index (κ1) is 13.8. The minimum atomic E-state index is 0.131. The van der Waals surface area contributed by atoms with E-state index in [0.29, 0.717) is 6.54 Å². The van der Waals surface area contributed by atoms with Crippen LogP contribution in [0.4, 0.5) is 5.82 Å². The first-order valence-corrected chi connectivity index (χ1v) is 6.92. The summed E-state index contributed by atoms with van der Waals surface area (Å²) in [5, 5.41) is 6.04. The average molecular weight is 262 g/mol. The summed E-state index contributed by atoms with van der Waals surface area (Å²) in [4.78, 5) is 18.3. The highest BCUT2D eigenvalue weighted by Crippen LogP contribution is 2.11. The predicted octanol–water partition coefficient (Wildman–Crippen LogP) is 0.763. The lowest BCUT2D eigenvalue weighted by Crippen LogP contribution is -2.50. The molecule has 5 nitrogen and oxygen atoms in total. The van der Waals surface area contributed by atoms with Gasteiger partial charge in [-0.1, -0.05) is 6.07 Å². The van der Waals surface area contributed by atoms with Gasteiger partial charge in [0.15, 0.2) is 0 Å². The highest BCUT2D eigenvalue weighted by molar-refractivity contribution is 5.79. The predicted molar refractivity (Wildman–Crippen MR) is 76.0 cm³/mol. The number of anilines is 1. The molecule has 2 N–H and O–H groups in total. The van der Waals surface area contributed by atoms with E-state index >= 15 is 0 Å². The van der Waals surface area contributed by atoms with E-state index in [0.717, 1.165) is 37.6 Å². The Balaban J connectivity index is 1.85. The van der Waals surface area contributed by atoms with Gasteiger partial charge in [0.2, 0.25) is 5.91 Å². The largest absolute Gasteiger partial charge is 0.357 e. The lowest BCUT2D eigenvalue weighted by Gasteiger charge is -2.25. The fourth-order valence-electron chi connectivity index (χ4n) is 2.06. The molecule has 0 atom stereocenters. The van der Waals surface area contributed by atoms with Crippen molar-refractivity contribution in [2.24, 2.45) is 5.92 Å². The Hall–Kier alpha value is -1.62. The van der Waals surface area contributed by atoms with Crippen LogP contribution in [0.5, 0.6) is 0 Å². The third-order valence-corrected chi connectivity index (χ3v) is 3.52. The molecule has 0 radical (unpaired) electrons. The maximum atomic E-state index is 11.7. The molecule has 104 valence electrons. The van der Waals surface area contributed by atoms with Crippen LogP contribution >= 0.6 is 0 Å². The number of pyridine rings is 1. The Morgan fingerprint density at radius 3 is 2.63 bits per heavy atom. The smallest absolute Gasteiger partial charge is 0.225 e. The summed E-state index contributed by atoms with van der Waals surface area (Å²) in [7, 11) is 0. The molecular weight excluding hydrogens is 240 g/mol. The molecule has 0 saturated carbocycles. The molecule has 2 rings (SSSR count). The van der Waals surface area contributed by atoms with Crippen LogP contribution in [0.3, 0.4) is 0 Å². The van der Waals surface area contributed by atoms with Crippen molar-refractivity contribution in [3.63, 3.8) is 0 Å². The number of carbonyl (C=O) groups excluding carboxylic acids is 1. The third-order valence-electron chi connectivity index (χ3n) is 3.52. The number of carbonyl (C=O) groups is 1. The van der Waals surface area contributed by atoms with E-state index in [9.17, 15) is 4.79 Å². The van der Waals surface area contributed by atoms with E-state index in [2.05, 4.69) is 34.4 Å². The Bertz CT molecular complexity index is 410. The summed E-state index contributed by atoms with van der Waals surface area (Å²) in [5.41, 5.74) is 1.04. The zero-order valence-corrected chi connectivity index (χ0v) is 11.6. The number of hydrogen-bond donors (Lipinski definition) is 2. The van der Waals surface area contributed by atoms with Crippen LogP contribution in [0.2, 0.25) is 0 Å². The molecule has 2 heterocycles. The molecule has 0 aromatic carbocycles. The molecule has 5 heteroatoms. The lowest BCUT2D eigenvalue weighted by atomic mass is 10.0. The van der Waals surface area contributed by atoms with Crippen LogP contribution in [-0.4, -0.2) is 37.1 Å². The number of rotatable bonds is 6. The van der Waals surface area contributed by atoms with Crippen molar-refractivity contribution in [3.05, 3.63) is 23.9 Å². The number of aromatic nitrogens is 1. The molecule has 1 aliphatic rings. The number of nitrogens with one attached hydrogen (secondary N) is 2. The van der Waals surface area contributed by atoms with Crippen molar-refractivity contribution in [2.45, 2.75) is 20.4 Å².